The SMILES string of the molecule is Cc1cc(N[C@H]2CCCCNC2=O)n2nc(C)cc2n1. The molecule has 0 bridgehead atoms. The molecule has 2 N–H and O–H groups in total. The fourth-order valence-electron chi connectivity index (χ4n) is 2.57. The predicted octanol–water partition coefficient (Wildman–Crippen LogP) is 1.43. The first-order valence-electron chi connectivity index (χ1n) is 7.02. The Labute approximate surface area is 117 Å². The van der Waals surface area contributed by atoms with Crippen LogP contribution in [0.25, 0.3) is 5.65 Å². The summed E-state index contributed by atoms with van der Waals surface area (Å²) in [5, 5.41) is 10.7. The molecular formula is C14H19N5O. The maximum atomic E-state index is 12.0. The molecule has 20 heavy (non-hydrogen) atoms. The van der Waals surface area contributed by atoms with Gasteiger partial charge in [0.2, 0.25) is 5.91 Å². The van der Waals surface area contributed by atoms with Gasteiger partial charge in [-0.05, 0) is 33.1 Å². The zero-order valence-corrected chi connectivity index (χ0v) is 11.8. The van der Waals surface area contributed by atoms with Crippen LogP contribution in [0.4, 0.5) is 5.82 Å². The van der Waals surface area contributed by atoms with E-state index in [0.29, 0.717) is 0 Å². The highest BCUT2D eigenvalue weighted by Gasteiger charge is 2.21. The van der Waals surface area contributed by atoms with Gasteiger partial charge in [-0.3, -0.25) is 4.79 Å². The number of fused-ring (bicyclic) bond motifs is 1. The minimum absolute atomic E-state index is 0.0639. The van der Waals surface area contributed by atoms with E-state index in [4.69, 9.17) is 0 Å². The smallest absolute Gasteiger partial charge is 0.242 e. The number of nitrogens with zero attached hydrogens (tertiary/aromatic N) is 3. The summed E-state index contributed by atoms with van der Waals surface area (Å²) in [5.41, 5.74) is 2.63. The third-order valence-electron chi connectivity index (χ3n) is 3.53. The van der Waals surface area contributed by atoms with Crippen LogP contribution in [0.15, 0.2) is 12.1 Å². The van der Waals surface area contributed by atoms with Gasteiger partial charge in [-0.1, -0.05) is 0 Å². The maximum absolute atomic E-state index is 12.0. The molecule has 106 valence electrons. The lowest BCUT2D eigenvalue weighted by Crippen LogP contribution is -2.38. The summed E-state index contributed by atoms with van der Waals surface area (Å²) in [7, 11) is 0. The fraction of sp³-hybridized carbons (Fsp3) is 0.500. The minimum atomic E-state index is -0.202. The topological polar surface area (TPSA) is 71.3 Å². The molecule has 3 heterocycles. The Hall–Kier alpha value is -2.11. The summed E-state index contributed by atoms with van der Waals surface area (Å²) in [6.07, 6.45) is 2.92. The second-order valence-corrected chi connectivity index (χ2v) is 5.32. The number of hydrogen-bond acceptors (Lipinski definition) is 4. The van der Waals surface area contributed by atoms with Crippen LogP contribution in [0.5, 0.6) is 0 Å². The molecule has 0 saturated carbocycles. The molecule has 0 radical (unpaired) electrons. The van der Waals surface area contributed by atoms with Crippen molar-refractivity contribution >= 4 is 17.4 Å². The van der Waals surface area contributed by atoms with Gasteiger partial charge in [-0.25, -0.2) is 4.98 Å². The van der Waals surface area contributed by atoms with Crippen molar-refractivity contribution in [2.45, 2.75) is 39.2 Å². The normalized spacial score (nSPS) is 19.7. The number of amides is 1. The fourth-order valence-corrected chi connectivity index (χ4v) is 2.57. The number of anilines is 1. The number of aryl methyl sites for hydroxylation is 2. The van der Waals surface area contributed by atoms with Crippen molar-refractivity contribution < 1.29 is 4.79 Å². The zero-order valence-electron chi connectivity index (χ0n) is 11.8. The highest BCUT2D eigenvalue weighted by Crippen LogP contribution is 2.17. The van der Waals surface area contributed by atoms with E-state index in [2.05, 4.69) is 20.7 Å². The molecular weight excluding hydrogens is 254 g/mol. The van der Waals surface area contributed by atoms with Gasteiger partial charge in [0.05, 0.1) is 5.69 Å². The largest absolute Gasteiger partial charge is 0.358 e. The van der Waals surface area contributed by atoms with Gasteiger partial charge in [-0.15, -0.1) is 0 Å². The van der Waals surface area contributed by atoms with Crippen molar-refractivity contribution in [3.63, 3.8) is 0 Å². The number of rotatable bonds is 2. The van der Waals surface area contributed by atoms with Gasteiger partial charge in [0.1, 0.15) is 11.9 Å². The highest BCUT2D eigenvalue weighted by molar-refractivity contribution is 5.84. The van der Waals surface area contributed by atoms with Crippen LogP contribution in [-0.4, -0.2) is 33.1 Å². The van der Waals surface area contributed by atoms with Crippen LogP contribution in [0.2, 0.25) is 0 Å². The molecule has 0 spiro atoms. The van der Waals surface area contributed by atoms with E-state index in [1.54, 1.807) is 4.52 Å². The van der Waals surface area contributed by atoms with Gasteiger partial charge in [0.25, 0.3) is 0 Å². The summed E-state index contributed by atoms with van der Waals surface area (Å²) in [6.45, 7) is 4.65. The molecule has 0 aromatic carbocycles. The first kappa shape index (κ1) is 12.9. The van der Waals surface area contributed by atoms with E-state index in [0.717, 1.165) is 48.7 Å². The summed E-state index contributed by atoms with van der Waals surface area (Å²) in [5.74, 6) is 0.886. The summed E-state index contributed by atoms with van der Waals surface area (Å²) in [4.78, 5) is 16.5. The van der Waals surface area contributed by atoms with Crippen molar-refractivity contribution in [3.05, 3.63) is 23.5 Å². The Balaban J connectivity index is 1.94. The Bertz CT molecular complexity index is 648. The summed E-state index contributed by atoms with van der Waals surface area (Å²) in [6, 6.07) is 3.66. The molecule has 1 fully saturated rings. The van der Waals surface area contributed by atoms with E-state index in [1.165, 1.54) is 0 Å². The van der Waals surface area contributed by atoms with Gasteiger partial charge >= 0.3 is 0 Å². The minimum Gasteiger partial charge on any atom is -0.358 e. The standard InChI is InChI=1S/C14H19N5O/c1-9-7-13(19-12(16-9)8-10(2)18-19)17-11-5-3-4-6-15-14(11)20/h7-8,11,17H,3-6H2,1-2H3,(H,15,20)/t11-/m0/s1. The first-order chi connectivity index (χ1) is 9.63. The first-order valence-corrected chi connectivity index (χ1v) is 7.02. The van der Waals surface area contributed by atoms with E-state index in [1.807, 2.05) is 26.0 Å². The Morgan fingerprint density at radius 1 is 1.30 bits per heavy atom. The van der Waals surface area contributed by atoms with E-state index >= 15 is 0 Å². The number of aromatic nitrogens is 3. The van der Waals surface area contributed by atoms with Crippen molar-refractivity contribution in [1.29, 1.82) is 0 Å². The van der Waals surface area contributed by atoms with Gasteiger partial charge < -0.3 is 10.6 Å². The van der Waals surface area contributed by atoms with Crippen LogP contribution in [-0.2, 0) is 4.79 Å². The second kappa shape index (κ2) is 5.11. The second-order valence-electron chi connectivity index (χ2n) is 5.32. The Morgan fingerprint density at radius 2 is 2.15 bits per heavy atom. The predicted molar refractivity (Wildman–Crippen MR) is 76.7 cm³/mol. The van der Waals surface area contributed by atoms with Crippen LogP contribution in [0.1, 0.15) is 30.7 Å². The highest BCUT2D eigenvalue weighted by atomic mass is 16.2. The molecule has 1 amide bonds. The average molecular weight is 273 g/mol. The molecule has 6 heteroatoms. The van der Waals surface area contributed by atoms with E-state index in [9.17, 15) is 4.79 Å². The zero-order chi connectivity index (χ0) is 14.1. The molecule has 0 aliphatic carbocycles. The van der Waals surface area contributed by atoms with Crippen LogP contribution < -0.4 is 10.6 Å². The number of carbonyl (C=O) groups is 1. The molecule has 1 saturated heterocycles. The van der Waals surface area contributed by atoms with Crippen LogP contribution in [0, 0.1) is 13.8 Å². The van der Waals surface area contributed by atoms with Crippen LogP contribution >= 0.6 is 0 Å². The van der Waals surface area contributed by atoms with Gasteiger partial charge in [-0.2, -0.15) is 9.61 Å². The van der Waals surface area contributed by atoms with Crippen molar-refractivity contribution in [2.75, 3.05) is 11.9 Å². The molecule has 1 atom stereocenters. The molecule has 2 aromatic heterocycles. The Kier molecular flexibility index (Phi) is 3.30. The van der Waals surface area contributed by atoms with Gasteiger partial charge in [0, 0.05) is 24.4 Å². The lowest BCUT2D eigenvalue weighted by atomic mass is 10.1. The van der Waals surface area contributed by atoms with Crippen LogP contribution in [0.3, 0.4) is 0 Å². The average Bonchev–Trinajstić information content (AvgIpc) is 2.64. The lowest BCUT2D eigenvalue weighted by Gasteiger charge is -2.17. The summed E-state index contributed by atoms with van der Waals surface area (Å²) >= 11 is 0. The maximum Gasteiger partial charge on any atom is 0.242 e. The number of carbonyl (C=O) groups excluding carboxylic acids is 1. The third-order valence-corrected chi connectivity index (χ3v) is 3.53. The Morgan fingerprint density at radius 3 is 3.00 bits per heavy atom. The molecule has 6 nitrogen and oxygen atoms in total. The molecule has 2 aromatic rings. The van der Waals surface area contributed by atoms with E-state index < -0.39 is 0 Å². The molecule has 0 unspecified atom stereocenters. The van der Waals surface area contributed by atoms with Crippen molar-refractivity contribution in [2.24, 2.45) is 0 Å². The molecule has 1 aliphatic rings. The quantitative estimate of drug-likeness (QED) is 0.868. The summed E-state index contributed by atoms with van der Waals surface area (Å²) < 4.78 is 1.76. The monoisotopic (exact) mass is 273 g/mol. The lowest BCUT2D eigenvalue weighted by molar-refractivity contribution is -0.121. The third kappa shape index (κ3) is 2.45. The van der Waals surface area contributed by atoms with Crippen molar-refractivity contribution in [3.8, 4) is 0 Å². The molecule has 1 aliphatic heterocycles. The van der Waals surface area contributed by atoms with E-state index in [-0.39, 0.29) is 11.9 Å². The number of nitrogens with one attached hydrogen (secondary N) is 2. The van der Waals surface area contributed by atoms with Crippen molar-refractivity contribution in [1.82, 2.24) is 19.9 Å². The molecule has 3 rings (SSSR count). The van der Waals surface area contributed by atoms with Gasteiger partial charge in [0.15, 0.2) is 5.65 Å². The number of hydrogen-bond donors (Lipinski definition) is 2.